The lowest BCUT2D eigenvalue weighted by atomic mass is 10.2. The number of carbonyl (C=O) groups excluding carboxylic acids is 1. The minimum absolute atomic E-state index is 0.00454. The molecule has 0 radical (unpaired) electrons. The second-order valence-corrected chi connectivity index (χ2v) is 8.57. The zero-order chi connectivity index (χ0) is 23.8. The maximum absolute atomic E-state index is 13.8. The van der Waals surface area contributed by atoms with E-state index >= 15 is 0 Å². The number of rotatable bonds is 5. The third kappa shape index (κ3) is 5.06. The van der Waals surface area contributed by atoms with Crippen LogP contribution in [0.4, 0.5) is 27.6 Å². The zero-order valence-electron chi connectivity index (χ0n) is 16.3. The minimum Gasteiger partial charge on any atom is -0.325 e. The maximum Gasteiger partial charge on any atom is 0.416 e. The monoisotopic (exact) mass is 497 g/mol. The SMILES string of the molecule is O=C(CSc1nc2ccsc2c(=O)n1-c1cc(F)cc(F)c1)Nc1cccc(C(F)(F)F)c1. The van der Waals surface area contributed by atoms with Crippen LogP contribution in [0.25, 0.3) is 15.9 Å². The summed E-state index contributed by atoms with van der Waals surface area (Å²) in [6.07, 6.45) is -4.56. The molecule has 1 N–H and O–H groups in total. The fourth-order valence-electron chi connectivity index (χ4n) is 2.99. The predicted octanol–water partition coefficient (Wildman–Crippen LogP) is 5.48. The molecular weight excluding hydrogens is 485 g/mol. The van der Waals surface area contributed by atoms with Crippen molar-refractivity contribution in [1.29, 1.82) is 0 Å². The van der Waals surface area contributed by atoms with Crippen LogP contribution < -0.4 is 10.9 Å². The number of fused-ring (bicyclic) bond motifs is 1. The highest BCUT2D eigenvalue weighted by molar-refractivity contribution is 7.99. The topological polar surface area (TPSA) is 64.0 Å². The van der Waals surface area contributed by atoms with Crippen LogP contribution in [0.1, 0.15) is 5.56 Å². The van der Waals surface area contributed by atoms with Crippen molar-refractivity contribution in [2.45, 2.75) is 11.3 Å². The lowest BCUT2D eigenvalue weighted by Crippen LogP contribution is -2.22. The van der Waals surface area contributed by atoms with Gasteiger partial charge in [-0.2, -0.15) is 13.2 Å². The van der Waals surface area contributed by atoms with Gasteiger partial charge in [-0.15, -0.1) is 11.3 Å². The number of nitrogens with zero attached hydrogens (tertiary/aromatic N) is 2. The van der Waals surface area contributed by atoms with Crippen LogP contribution >= 0.6 is 23.1 Å². The zero-order valence-corrected chi connectivity index (χ0v) is 18.0. The van der Waals surface area contributed by atoms with Crippen molar-refractivity contribution in [3.63, 3.8) is 0 Å². The number of carbonyl (C=O) groups is 1. The Balaban J connectivity index is 1.62. The van der Waals surface area contributed by atoms with Crippen LogP contribution in [-0.4, -0.2) is 21.2 Å². The Morgan fingerprint density at radius 1 is 1.09 bits per heavy atom. The van der Waals surface area contributed by atoms with E-state index in [4.69, 9.17) is 0 Å². The average Bonchev–Trinajstić information content (AvgIpc) is 3.20. The number of anilines is 1. The molecule has 4 aromatic rings. The lowest BCUT2D eigenvalue weighted by Gasteiger charge is -2.13. The fraction of sp³-hybridized carbons (Fsp3) is 0.0952. The summed E-state index contributed by atoms with van der Waals surface area (Å²) >= 11 is 1.91. The van der Waals surface area contributed by atoms with E-state index in [0.29, 0.717) is 11.6 Å². The van der Waals surface area contributed by atoms with E-state index in [1.165, 1.54) is 6.07 Å². The normalized spacial score (nSPS) is 11.7. The highest BCUT2D eigenvalue weighted by Crippen LogP contribution is 2.31. The molecular formula is C21H12F5N3O2S2. The van der Waals surface area contributed by atoms with Gasteiger partial charge in [0.05, 0.1) is 22.5 Å². The Bertz CT molecular complexity index is 1400. The lowest BCUT2D eigenvalue weighted by molar-refractivity contribution is -0.137. The quantitative estimate of drug-likeness (QED) is 0.226. The molecule has 2 aromatic heterocycles. The third-order valence-electron chi connectivity index (χ3n) is 4.36. The number of hydrogen-bond donors (Lipinski definition) is 1. The average molecular weight is 497 g/mol. The van der Waals surface area contributed by atoms with Gasteiger partial charge in [0, 0.05) is 11.8 Å². The van der Waals surface area contributed by atoms with E-state index in [1.807, 2.05) is 0 Å². The van der Waals surface area contributed by atoms with Gasteiger partial charge < -0.3 is 5.32 Å². The largest absolute Gasteiger partial charge is 0.416 e. The van der Waals surface area contributed by atoms with Gasteiger partial charge in [-0.05, 0) is 41.8 Å². The minimum atomic E-state index is -4.56. The number of halogens is 5. The van der Waals surface area contributed by atoms with Crippen molar-refractivity contribution in [1.82, 2.24) is 9.55 Å². The summed E-state index contributed by atoms with van der Waals surface area (Å²) in [4.78, 5) is 29.6. The van der Waals surface area contributed by atoms with Crippen molar-refractivity contribution in [3.8, 4) is 5.69 Å². The van der Waals surface area contributed by atoms with E-state index in [1.54, 1.807) is 11.4 Å². The van der Waals surface area contributed by atoms with Crippen molar-refractivity contribution in [2.24, 2.45) is 0 Å². The van der Waals surface area contributed by atoms with E-state index in [2.05, 4.69) is 10.3 Å². The Labute approximate surface area is 190 Å². The molecule has 0 unspecified atom stereocenters. The summed E-state index contributed by atoms with van der Waals surface area (Å²) in [5, 5.41) is 3.98. The molecule has 0 atom stereocenters. The molecule has 2 heterocycles. The first-order chi connectivity index (χ1) is 15.6. The van der Waals surface area contributed by atoms with Gasteiger partial charge in [0.25, 0.3) is 5.56 Å². The number of alkyl halides is 3. The summed E-state index contributed by atoms with van der Waals surface area (Å²) in [6.45, 7) is 0. The Morgan fingerprint density at radius 3 is 2.52 bits per heavy atom. The number of thioether (sulfide) groups is 1. The van der Waals surface area contributed by atoms with E-state index in [9.17, 15) is 31.5 Å². The fourth-order valence-corrected chi connectivity index (χ4v) is 4.56. The molecule has 0 aliphatic carbocycles. The van der Waals surface area contributed by atoms with Crippen molar-refractivity contribution in [3.05, 3.63) is 81.5 Å². The summed E-state index contributed by atoms with van der Waals surface area (Å²) in [5.74, 6) is -2.78. The molecule has 5 nitrogen and oxygen atoms in total. The number of thiophene rings is 1. The van der Waals surface area contributed by atoms with Gasteiger partial charge >= 0.3 is 6.18 Å². The number of amides is 1. The first-order valence-corrected chi connectivity index (χ1v) is 11.0. The van der Waals surface area contributed by atoms with Crippen LogP contribution in [0.2, 0.25) is 0 Å². The van der Waals surface area contributed by atoms with Crippen LogP contribution in [0.3, 0.4) is 0 Å². The highest BCUT2D eigenvalue weighted by Gasteiger charge is 2.30. The standard InChI is InChI=1S/C21H12F5N3O2S2/c22-12-7-13(23)9-15(8-12)29-19(31)18-16(4-5-32-18)28-20(29)33-10-17(30)27-14-3-1-2-11(6-14)21(24,25)26/h1-9H,10H2,(H,27,30). The van der Waals surface area contributed by atoms with Crippen molar-refractivity contribution >= 4 is 44.9 Å². The summed E-state index contributed by atoms with van der Waals surface area (Å²) in [6, 6.07) is 8.29. The second kappa shape index (κ2) is 8.94. The van der Waals surface area contributed by atoms with Gasteiger partial charge in [0.1, 0.15) is 16.3 Å². The van der Waals surface area contributed by atoms with Gasteiger partial charge in [0.15, 0.2) is 5.16 Å². The number of aromatic nitrogens is 2. The third-order valence-corrected chi connectivity index (χ3v) is 6.19. The maximum atomic E-state index is 13.8. The Hall–Kier alpha value is -3.25. The van der Waals surface area contributed by atoms with Gasteiger partial charge in [-0.25, -0.2) is 13.8 Å². The molecule has 0 spiro atoms. The smallest absolute Gasteiger partial charge is 0.325 e. The van der Waals surface area contributed by atoms with E-state index in [-0.39, 0.29) is 27.0 Å². The molecule has 170 valence electrons. The van der Waals surface area contributed by atoms with E-state index in [0.717, 1.165) is 58.0 Å². The van der Waals surface area contributed by atoms with Crippen molar-refractivity contribution < 1.29 is 26.7 Å². The molecule has 12 heteroatoms. The molecule has 4 rings (SSSR count). The molecule has 0 saturated carbocycles. The van der Waals surface area contributed by atoms with Crippen LogP contribution in [-0.2, 0) is 11.0 Å². The molecule has 2 aromatic carbocycles. The molecule has 33 heavy (non-hydrogen) atoms. The Kier molecular flexibility index (Phi) is 6.21. The summed E-state index contributed by atoms with van der Waals surface area (Å²) in [7, 11) is 0. The number of hydrogen-bond acceptors (Lipinski definition) is 5. The molecule has 0 saturated heterocycles. The second-order valence-electron chi connectivity index (χ2n) is 6.71. The summed E-state index contributed by atoms with van der Waals surface area (Å²) in [5.41, 5.74) is -1.30. The van der Waals surface area contributed by atoms with Crippen LogP contribution in [0.15, 0.2) is 63.9 Å². The van der Waals surface area contributed by atoms with Crippen LogP contribution in [0, 0.1) is 11.6 Å². The predicted molar refractivity (Wildman–Crippen MR) is 116 cm³/mol. The molecule has 0 aliphatic rings. The first-order valence-electron chi connectivity index (χ1n) is 9.18. The molecule has 0 aliphatic heterocycles. The van der Waals surface area contributed by atoms with Gasteiger partial charge in [-0.1, -0.05) is 17.8 Å². The molecule has 0 fully saturated rings. The number of nitrogens with one attached hydrogen (secondary N) is 1. The molecule has 0 bridgehead atoms. The van der Waals surface area contributed by atoms with Crippen LogP contribution in [0.5, 0.6) is 0 Å². The van der Waals surface area contributed by atoms with Crippen molar-refractivity contribution in [2.75, 3.05) is 11.1 Å². The van der Waals surface area contributed by atoms with E-state index < -0.39 is 34.8 Å². The number of benzene rings is 2. The highest BCUT2D eigenvalue weighted by atomic mass is 32.2. The molecule has 1 amide bonds. The first kappa shape index (κ1) is 22.9. The Morgan fingerprint density at radius 2 is 1.82 bits per heavy atom. The summed E-state index contributed by atoms with van der Waals surface area (Å²) < 4.78 is 67.4. The van der Waals surface area contributed by atoms with Gasteiger partial charge in [-0.3, -0.25) is 14.2 Å². The van der Waals surface area contributed by atoms with Gasteiger partial charge in [0.2, 0.25) is 5.91 Å².